The third kappa shape index (κ3) is 3.27. The molecule has 2 N–H and O–H groups in total. The molecule has 0 aliphatic heterocycles. The van der Waals surface area contributed by atoms with E-state index in [1.807, 2.05) is 12.3 Å². The number of nitrogens with zero attached hydrogens (tertiary/aromatic N) is 3. The van der Waals surface area contributed by atoms with E-state index < -0.39 is 0 Å². The highest BCUT2D eigenvalue weighted by atomic mass is 32.1. The minimum absolute atomic E-state index is 0.138. The van der Waals surface area contributed by atoms with E-state index in [-0.39, 0.29) is 6.10 Å². The second-order valence-corrected chi connectivity index (χ2v) is 4.84. The standard InChI is InChI=1S/C11H16N4O2S/c1-7(16-2)10-14-9(17-15-10)5-3-4-8-6-18-11(12)13-8/h6-7H,3-5H2,1-2H3,(H2,12,13). The molecule has 18 heavy (non-hydrogen) atoms. The molecule has 0 aromatic carbocycles. The van der Waals surface area contributed by atoms with Gasteiger partial charge >= 0.3 is 0 Å². The highest BCUT2D eigenvalue weighted by Gasteiger charge is 2.12. The highest BCUT2D eigenvalue weighted by Crippen LogP contribution is 2.15. The SMILES string of the molecule is COC(C)c1noc(CCCc2csc(N)n2)n1. The fourth-order valence-corrected chi connectivity index (χ4v) is 2.10. The molecule has 0 spiro atoms. The fraction of sp³-hybridized carbons (Fsp3) is 0.545. The molecule has 2 aromatic rings. The van der Waals surface area contributed by atoms with Crippen LogP contribution in [0.2, 0.25) is 0 Å². The molecule has 0 amide bonds. The topological polar surface area (TPSA) is 87.1 Å². The van der Waals surface area contributed by atoms with Crippen LogP contribution in [0.1, 0.15) is 36.9 Å². The quantitative estimate of drug-likeness (QED) is 0.862. The van der Waals surface area contributed by atoms with Crippen molar-refractivity contribution >= 4 is 16.5 Å². The van der Waals surface area contributed by atoms with Crippen molar-refractivity contribution < 1.29 is 9.26 Å². The molecule has 0 aliphatic carbocycles. The van der Waals surface area contributed by atoms with E-state index in [0.717, 1.165) is 25.0 Å². The van der Waals surface area contributed by atoms with Gasteiger partial charge < -0.3 is 15.0 Å². The van der Waals surface area contributed by atoms with Crippen LogP contribution in [0.3, 0.4) is 0 Å². The van der Waals surface area contributed by atoms with Crippen molar-refractivity contribution in [1.82, 2.24) is 15.1 Å². The number of anilines is 1. The first-order valence-electron chi connectivity index (χ1n) is 5.74. The number of aromatic nitrogens is 3. The molecule has 2 aromatic heterocycles. The summed E-state index contributed by atoms with van der Waals surface area (Å²) >= 11 is 1.46. The number of methoxy groups -OCH3 is 1. The van der Waals surface area contributed by atoms with Crippen LogP contribution in [0.4, 0.5) is 5.13 Å². The maximum atomic E-state index is 5.57. The van der Waals surface area contributed by atoms with Crippen molar-refractivity contribution in [1.29, 1.82) is 0 Å². The summed E-state index contributed by atoms with van der Waals surface area (Å²) < 4.78 is 10.3. The number of hydrogen-bond acceptors (Lipinski definition) is 7. The Balaban J connectivity index is 1.81. The zero-order chi connectivity index (χ0) is 13.0. The van der Waals surface area contributed by atoms with Crippen LogP contribution in [0.15, 0.2) is 9.90 Å². The van der Waals surface area contributed by atoms with Crippen LogP contribution in [-0.4, -0.2) is 22.2 Å². The van der Waals surface area contributed by atoms with Gasteiger partial charge in [-0.25, -0.2) is 4.98 Å². The fourth-order valence-electron chi connectivity index (χ4n) is 1.50. The predicted molar refractivity (Wildman–Crippen MR) is 68.3 cm³/mol. The maximum Gasteiger partial charge on any atom is 0.226 e. The Morgan fingerprint density at radius 3 is 2.94 bits per heavy atom. The summed E-state index contributed by atoms with van der Waals surface area (Å²) in [5.74, 6) is 1.22. The molecule has 2 rings (SSSR count). The third-order valence-electron chi connectivity index (χ3n) is 2.59. The van der Waals surface area contributed by atoms with Gasteiger partial charge in [0.1, 0.15) is 6.10 Å². The van der Waals surface area contributed by atoms with Crippen molar-refractivity contribution in [3.05, 3.63) is 22.8 Å². The zero-order valence-corrected chi connectivity index (χ0v) is 11.2. The first kappa shape index (κ1) is 13.0. The molecule has 1 atom stereocenters. The molecule has 98 valence electrons. The van der Waals surface area contributed by atoms with Gasteiger partial charge in [0, 0.05) is 18.9 Å². The summed E-state index contributed by atoms with van der Waals surface area (Å²) in [7, 11) is 1.62. The minimum atomic E-state index is -0.138. The van der Waals surface area contributed by atoms with E-state index in [9.17, 15) is 0 Å². The summed E-state index contributed by atoms with van der Waals surface area (Å²) in [5, 5.41) is 6.46. The van der Waals surface area contributed by atoms with Gasteiger partial charge in [-0.3, -0.25) is 0 Å². The Labute approximate surface area is 109 Å². The van der Waals surface area contributed by atoms with Crippen molar-refractivity contribution in [2.24, 2.45) is 0 Å². The summed E-state index contributed by atoms with van der Waals surface area (Å²) in [6.07, 6.45) is 2.37. The monoisotopic (exact) mass is 268 g/mol. The number of ether oxygens (including phenoxy) is 1. The molecular formula is C11H16N4O2S. The molecule has 0 saturated heterocycles. The van der Waals surface area contributed by atoms with E-state index >= 15 is 0 Å². The zero-order valence-electron chi connectivity index (χ0n) is 10.4. The van der Waals surface area contributed by atoms with Crippen LogP contribution < -0.4 is 5.73 Å². The van der Waals surface area contributed by atoms with Crippen molar-refractivity contribution in [2.75, 3.05) is 12.8 Å². The van der Waals surface area contributed by atoms with Crippen molar-refractivity contribution in [3.63, 3.8) is 0 Å². The Hall–Kier alpha value is -1.47. The summed E-state index contributed by atoms with van der Waals surface area (Å²) in [4.78, 5) is 8.47. The van der Waals surface area contributed by atoms with Crippen LogP contribution in [-0.2, 0) is 17.6 Å². The maximum absolute atomic E-state index is 5.57. The van der Waals surface area contributed by atoms with Crippen molar-refractivity contribution in [2.45, 2.75) is 32.3 Å². The number of hydrogen-bond donors (Lipinski definition) is 1. The van der Waals surface area contributed by atoms with Gasteiger partial charge in [0.15, 0.2) is 11.0 Å². The number of aryl methyl sites for hydroxylation is 2. The second kappa shape index (κ2) is 5.92. The lowest BCUT2D eigenvalue weighted by atomic mass is 10.2. The van der Waals surface area contributed by atoms with Crippen molar-refractivity contribution in [3.8, 4) is 0 Å². The number of nitrogen functional groups attached to an aromatic ring is 1. The summed E-state index contributed by atoms with van der Waals surface area (Å²) in [5.41, 5.74) is 6.58. The molecule has 0 saturated carbocycles. The van der Waals surface area contributed by atoms with Gasteiger partial charge in [0.25, 0.3) is 0 Å². The molecule has 7 heteroatoms. The number of thiazole rings is 1. The first-order chi connectivity index (χ1) is 8.69. The minimum Gasteiger partial charge on any atom is -0.375 e. The van der Waals surface area contributed by atoms with Gasteiger partial charge in [-0.2, -0.15) is 4.98 Å². The smallest absolute Gasteiger partial charge is 0.226 e. The van der Waals surface area contributed by atoms with Crippen LogP contribution >= 0.6 is 11.3 Å². The molecule has 0 radical (unpaired) electrons. The van der Waals surface area contributed by atoms with E-state index in [1.165, 1.54) is 11.3 Å². The molecule has 0 aliphatic rings. The number of nitrogens with two attached hydrogens (primary N) is 1. The lowest BCUT2D eigenvalue weighted by Crippen LogP contribution is -1.98. The molecule has 0 fully saturated rings. The van der Waals surface area contributed by atoms with Gasteiger partial charge in [-0.15, -0.1) is 11.3 Å². The Morgan fingerprint density at radius 2 is 2.28 bits per heavy atom. The van der Waals surface area contributed by atoms with E-state index in [0.29, 0.717) is 16.8 Å². The van der Waals surface area contributed by atoms with Gasteiger partial charge in [0.2, 0.25) is 5.89 Å². The highest BCUT2D eigenvalue weighted by molar-refractivity contribution is 7.13. The molecular weight excluding hydrogens is 252 g/mol. The predicted octanol–water partition coefficient (Wildman–Crippen LogP) is 1.99. The molecule has 1 unspecified atom stereocenters. The summed E-state index contributed by atoms with van der Waals surface area (Å²) in [6, 6.07) is 0. The van der Waals surface area contributed by atoms with Crippen LogP contribution in [0.25, 0.3) is 0 Å². The largest absolute Gasteiger partial charge is 0.375 e. The molecule has 6 nitrogen and oxygen atoms in total. The lowest BCUT2D eigenvalue weighted by molar-refractivity contribution is 0.109. The Bertz CT molecular complexity index is 497. The Morgan fingerprint density at radius 1 is 1.44 bits per heavy atom. The summed E-state index contributed by atoms with van der Waals surface area (Å²) in [6.45, 7) is 1.88. The normalized spacial score (nSPS) is 12.8. The van der Waals surface area contributed by atoms with E-state index in [2.05, 4.69) is 15.1 Å². The molecule has 0 bridgehead atoms. The molecule has 2 heterocycles. The Kier molecular flexibility index (Phi) is 4.27. The van der Waals surface area contributed by atoms with E-state index in [1.54, 1.807) is 7.11 Å². The second-order valence-electron chi connectivity index (χ2n) is 3.95. The average Bonchev–Trinajstić information content (AvgIpc) is 2.98. The number of rotatable bonds is 6. The first-order valence-corrected chi connectivity index (χ1v) is 6.62. The van der Waals surface area contributed by atoms with Crippen LogP contribution in [0.5, 0.6) is 0 Å². The van der Waals surface area contributed by atoms with Crippen LogP contribution in [0, 0.1) is 0 Å². The average molecular weight is 268 g/mol. The lowest BCUT2D eigenvalue weighted by Gasteiger charge is -2.00. The van der Waals surface area contributed by atoms with Gasteiger partial charge in [-0.05, 0) is 19.8 Å². The van der Waals surface area contributed by atoms with E-state index in [4.69, 9.17) is 15.0 Å². The van der Waals surface area contributed by atoms with Gasteiger partial charge in [0.05, 0.1) is 5.69 Å². The van der Waals surface area contributed by atoms with Gasteiger partial charge in [-0.1, -0.05) is 5.16 Å². The third-order valence-corrected chi connectivity index (χ3v) is 3.32.